The predicted octanol–water partition coefficient (Wildman–Crippen LogP) is 4.40. The molecule has 0 heterocycles. The van der Waals surface area contributed by atoms with Crippen LogP contribution in [0.3, 0.4) is 0 Å². The van der Waals surface area contributed by atoms with Crippen molar-refractivity contribution in [3.63, 3.8) is 0 Å². The lowest BCUT2D eigenvalue weighted by atomic mass is 10.3. The van der Waals surface area contributed by atoms with Gasteiger partial charge in [0.05, 0.1) is 0 Å². The van der Waals surface area contributed by atoms with E-state index in [4.69, 9.17) is 51.1 Å². The Morgan fingerprint density at radius 1 is 1.27 bits per heavy atom. The zero-order valence-corrected chi connectivity index (χ0v) is 10.3. The molecule has 1 aromatic rings. The van der Waals surface area contributed by atoms with Gasteiger partial charge in [0.15, 0.2) is 0 Å². The molecule has 1 N–H and O–H groups in total. The van der Waals surface area contributed by atoms with Crippen LogP contribution in [0.1, 0.15) is 0 Å². The smallest absolute Gasteiger partial charge is 0.140 e. The van der Waals surface area contributed by atoms with Gasteiger partial charge in [0.1, 0.15) is 32.6 Å². The minimum atomic E-state index is -0.0973. The standard InChI is InChI=1S/C9H6Cl4O2/c10-7(11)3-4-15-6-2-1-5(14)8(12)9(6)13/h1-3,14H,4H2. The van der Waals surface area contributed by atoms with E-state index in [9.17, 15) is 5.11 Å². The van der Waals surface area contributed by atoms with Crippen LogP contribution in [0.5, 0.6) is 11.5 Å². The summed E-state index contributed by atoms with van der Waals surface area (Å²) in [5.41, 5.74) is 0. The van der Waals surface area contributed by atoms with Gasteiger partial charge in [-0.3, -0.25) is 0 Å². The number of rotatable bonds is 3. The molecule has 1 aromatic carbocycles. The molecule has 0 atom stereocenters. The summed E-state index contributed by atoms with van der Waals surface area (Å²) in [6.07, 6.45) is 1.46. The summed E-state index contributed by atoms with van der Waals surface area (Å²) in [6.45, 7) is 0.170. The van der Waals surface area contributed by atoms with E-state index >= 15 is 0 Å². The van der Waals surface area contributed by atoms with Crippen LogP contribution in [0.4, 0.5) is 0 Å². The Bertz CT molecular complexity index is 386. The predicted molar refractivity (Wildman–Crippen MR) is 63.4 cm³/mol. The Hall–Kier alpha value is -0.280. The zero-order chi connectivity index (χ0) is 11.4. The Morgan fingerprint density at radius 3 is 2.53 bits per heavy atom. The molecule has 0 amide bonds. The second-order valence-corrected chi connectivity index (χ2v) is 4.28. The Balaban J connectivity index is 2.79. The number of hydrogen-bond donors (Lipinski definition) is 1. The molecule has 0 saturated heterocycles. The highest BCUT2D eigenvalue weighted by atomic mass is 35.5. The summed E-state index contributed by atoms with van der Waals surface area (Å²) in [4.78, 5) is 0. The molecule has 1 rings (SSSR count). The molecule has 0 aromatic heterocycles. The van der Waals surface area contributed by atoms with Crippen molar-refractivity contribution >= 4 is 46.4 Å². The molecule has 0 aliphatic rings. The second-order valence-electron chi connectivity index (χ2n) is 2.52. The topological polar surface area (TPSA) is 29.5 Å². The van der Waals surface area contributed by atoms with Gasteiger partial charge in [-0.05, 0) is 18.2 Å². The third-order valence-electron chi connectivity index (χ3n) is 1.50. The maximum absolute atomic E-state index is 9.21. The minimum absolute atomic E-state index is 0.0510. The quantitative estimate of drug-likeness (QED) is 0.893. The first-order valence-electron chi connectivity index (χ1n) is 3.83. The summed E-state index contributed by atoms with van der Waals surface area (Å²) < 4.78 is 5.32. The first-order chi connectivity index (χ1) is 7.02. The highest BCUT2D eigenvalue weighted by Gasteiger charge is 2.09. The maximum atomic E-state index is 9.21. The van der Waals surface area contributed by atoms with Crippen LogP contribution in [0, 0.1) is 0 Å². The molecule has 0 aliphatic heterocycles. The summed E-state index contributed by atoms with van der Waals surface area (Å²) in [6, 6.07) is 2.88. The van der Waals surface area contributed by atoms with Gasteiger partial charge in [-0.15, -0.1) is 0 Å². The second kappa shape index (κ2) is 5.71. The summed E-state index contributed by atoms with van der Waals surface area (Å²) >= 11 is 22.3. The molecule has 15 heavy (non-hydrogen) atoms. The Labute approximate surface area is 107 Å². The van der Waals surface area contributed by atoms with Crippen molar-refractivity contribution in [2.45, 2.75) is 0 Å². The van der Waals surface area contributed by atoms with Crippen LogP contribution in [-0.2, 0) is 0 Å². The third kappa shape index (κ3) is 3.65. The van der Waals surface area contributed by atoms with E-state index in [1.165, 1.54) is 18.2 Å². The van der Waals surface area contributed by atoms with Gasteiger partial charge in [0.2, 0.25) is 0 Å². The molecule has 0 fully saturated rings. The fourth-order valence-corrected chi connectivity index (χ4v) is 1.32. The van der Waals surface area contributed by atoms with Crippen LogP contribution in [-0.4, -0.2) is 11.7 Å². The molecule has 0 radical (unpaired) electrons. The molecule has 0 aliphatic carbocycles. The monoisotopic (exact) mass is 286 g/mol. The molecule has 0 saturated carbocycles. The lowest BCUT2D eigenvalue weighted by Gasteiger charge is -2.07. The van der Waals surface area contributed by atoms with Gasteiger partial charge in [-0.1, -0.05) is 46.4 Å². The number of ether oxygens (including phenoxy) is 1. The highest BCUT2D eigenvalue weighted by molar-refractivity contribution is 6.55. The molecular formula is C9H6Cl4O2. The summed E-state index contributed by atoms with van der Waals surface area (Å²) in [5.74, 6) is 0.255. The highest BCUT2D eigenvalue weighted by Crippen LogP contribution is 2.37. The van der Waals surface area contributed by atoms with Crippen LogP contribution in [0.2, 0.25) is 10.0 Å². The van der Waals surface area contributed by atoms with Gasteiger partial charge in [-0.2, -0.15) is 0 Å². The van der Waals surface area contributed by atoms with Gasteiger partial charge >= 0.3 is 0 Å². The van der Waals surface area contributed by atoms with Gasteiger partial charge in [0.25, 0.3) is 0 Å². The molecule has 0 bridgehead atoms. The van der Waals surface area contributed by atoms with Crippen LogP contribution in [0.25, 0.3) is 0 Å². The molecule has 0 spiro atoms. The third-order valence-corrected chi connectivity index (χ3v) is 2.67. The van der Waals surface area contributed by atoms with E-state index in [0.29, 0.717) is 5.75 Å². The van der Waals surface area contributed by atoms with Crippen molar-refractivity contribution in [1.29, 1.82) is 0 Å². The average molecular weight is 288 g/mol. The SMILES string of the molecule is Oc1ccc(OCC=C(Cl)Cl)c(Cl)c1Cl. The molecule has 0 unspecified atom stereocenters. The summed E-state index contributed by atoms with van der Waals surface area (Å²) in [7, 11) is 0. The normalized spacial score (nSPS) is 9.87. The number of halogens is 4. The van der Waals surface area contributed by atoms with E-state index in [0.717, 1.165) is 0 Å². The zero-order valence-electron chi connectivity index (χ0n) is 7.31. The van der Waals surface area contributed by atoms with Crippen molar-refractivity contribution in [3.05, 3.63) is 32.7 Å². The first kappa shape index (κ1) is 12.8. The fourth-order valence-electron chi connectivity index (χ4n) is 0.827. The number of benzene rings is 1. The van der Waals surface area contributed by atoms with Crippen molar-refractivity contribution in [2.24, 2.45) is 0 Å². The number of aromatic hydroxyl groups is 1. The lowest BCUT2D eigenvalue weighted by molar-refractivity contribution is 0.362. The maximum Gasteiger partial charge on any atom is 0.140 e. The Morgan fingerprint density at radius 2 is 1.93 bits per heavy atom. The molecular weight excluding hydrogens is 282 g/mol. The van der Waals surface area contributed by atoms with Crippen molar-refractivity contribution in [1.82, 2.24) is 0 Å². The molecule has 82 valence electrons. The number of hydrogen-bond acceptors (Lipinski definition) is 2. The van der Waals surface area contributed by atoms with Gasteiger partial charge in [0, 0.05) is 0 Å². The molecule has 6 heteroatoms. The fraction of sp³-hybridized carbons (Fsp3) is 0.111. The van der Waals surface area contributed by atoms with Crippen molar-refractivity contribution < 1.29 is 9.84 Å². The van der Waals surface area contributed by atoms with Crippen molar-refractivity contribution in [2.75, 3.05) is 6.61 Å². The Kier molecular flexibility index (Phi) is 4.87. The van der Waals surface area contributed by atoms with E-state index < -0.39 is 0 Å². The van der Waals surface area contributed by atoms with Crippen LogP contribution in [0.15, 0.2) is 22.7 Å². The minimum Gasteiger partial charge on any atom is -0.506 e. The van der Waals surface area contributed by atoms with E-state index in [-0.39, 0.29) is 26.9 Å². The van der Waals surface area contributed by atoms with Crippen molar-refractivity contribution in [3.8, 4) is 11.5 Å². The largest absolute Gasteiger partial charge is 0.506 e. The summed E-state index contributed by atoms with van der Waals surface area (Å²) in [5, 5.41) is 9.41. The van der Waals surface area contributed by atoms with E-state index in [1.807, 2.05) is 0 Å². The lowest BCUT2D eigenvalue weighted by Crippen LogP contribution is -1.94. The van der Waals surface area contributed by atoms with Gasteiger partial charge < -0.3 is 9.84 Å². The van der Waals surface area contributed by atoms with E-state index in [1.54, 1.807) is 0 Å². The van der Waals surface area contributed by atoms with E-state index in [2.05, 4.69) is 0 Å². The average Bonchev–Trinajstić information content (AvgIpc) is 2.18. The van der Waals surface area contributed by atoms with Crippen LogP contribution >= 0.6 is 46.4 Å². The molecule has 2 nitrogen and oxygen atoms in total. The van der Waals surface area contributed by atoms with Gasteiger partial charge in [-0.25, -0.2) is 0 Å². The first-order valence-corrected chi connectivity index (χ1v) is 5.34. The number of phenols is 1. The van der Waals surface area contributed by atoms with Crippen LogP contribution < -0.4 is 4.74 Å². The number of phenolic OH excluding ortho intramolecular Hbond substituents is 1.